The Morgan fingerprint density at radius 2 is 1.83 bits per heavy atom. The van der Waals surface area contributed by atoms with Crippen LogP contribution in [0, 0.1) is 5.82 Å². The van der Waals surface area contributed by atoms with E-state index in [9.17, 15) is 19.1 Å². The summed E-state index contributed by atoms with van der Waals surface area (Å²) in [6, 6.07) is 5.45. The minimum Gasteiger partial charge on any atom is -0.494 e. The van der Waals surface area contributed by atoms with E-state index in [0.717, 1.165) is 9.13 Å². The molecule has 1 aromatic heterocycles. The van der Waals surface area contributed by atoms with Crippen molar-refractivity contribution in [2.45, 2.75) is 6.92 Å². The molecule has 0 aliphatic rings. The maximum atomic E-state index is 13.0. The lowest BCUT2D eigenvalue weighted by atomic mass is 10.3. The van der Waals surface area contributed by atoms with Gasteiger partial charge in [0.05, 0.1) is 5.69 Å². The Bertz CT molecular complexity index is 869. The maximum Gasteiger partial charge on any atom is 0.333 e. The molecule has 6 nitrogen and oxygen atoms in total. The van der Waals surface area contributed by atoms with Gasteiger partial charge in [-0.25, -0.2) is 14.2 Å². The smallest absolute Gasteiger partial charge is 0.333 e. The molecule has 122 valence electrons. The number of aliphatic imine (C=N–C) groups is 1. The van der Waals surface area contributed by atoms with Crippen LogP contribution in [0.25, 0.3) is 0 Å². The summed E-state index contributed by atoms with van der Waals surface area (Å²) in [6.07, 6.45) is 0. The van der Waals surface area contributed by atoms with Crippen LogP contribution < -0.4 is 11.2 Å². The Labute approximate surface area is 135 Å². The fourth-order valence-electron chi connectivity index (χ4n) is 1.95. The minimum absolute atomic E-state index is 0.0502. The molecule has 0 saturated heterocycles. The van der Waals surface area contributed by atoms with Crippen molar-refractivity contribution in [3.05, 3.63) is 56.5 Å². The molecule has 1 heterocycles. The van der Waals surface area contributed by atoms with E-state index in [-0.39, 0.29) is 10.6 Å². The van der Waals surface area contributed by atoms with Gasteiger partial charge in [0.15, 0.2) is 0 Å². The van der Waals surface area contributed by atoms with Gasteiger partial charge >= 0.3 is 5.69 Å². The Kier molecular flexibility index (Phi) is 5.05. The van der Waals surface area contributed by atoms with Gasteiger partial charge in [-0.1, -0.05) is 6.92 Å². The molecule has 23 heavy (non-hydrogen) atoms. The molecule has 2 rings (SSSR count). The highest BCUT2D eigenvalue weighted by molar-refractivity contribution is 8.14. The Morgan fingerprint density at radius 1 is 1.22 bits per heavy atom. The molecule has 1 N–H and O–H groups in total. The Balaban J connectivity index is 2.70. The van der Waals surface area contributed by atoms with E-state index >= 15 is 0 Å². The highest BCUT2D eigenvalue weighted by Crippen LogP contribution is 2.22. The molecule has 0 spiro atoms. The van der Waals surface area contributed by atoms with Gasteiger partial charge in [-0.2, -0.15) is 0 Å². The minimum atomic E-state index is -0.632. The number of thioether (sulfide) groups is 1. The normalized spacial score (nSPS) is 11.7. The van der Waals surface area contributed by atoms with Crippen LogP contribution in [-0.4, -0.2) is 25.0 Å². The largest absolute Gasteiger partial charge is 0.494 e. The van der Waals surface area contributed by atoms with E-state index in [1.807, 2.05) is 6.92 Å². The summed E-state index contributed by atoms with van der Waals surface area (Å²) in [7, 11) is 2.70. The first-order valence-corrected chi connectivity index (χ1v) is 7.81. The lowest BCUT2D eigenvalue weighted by molar-refractivity contribution is 0.410. The van der Waals surface area contributed by atoms with Gasteiger partial charge < -0.3 is 5.11 Å². The molecular formula is C15H16FN3O3S. The molecule has 8 heteroatoms. The summed E-state index contributed by atoms with van der Waals surface area (Å²) in [5.41, 5.74) is -0.866. The van der Waals surface area contributed by atoms with Crippen molar-refractivity contribution in [3.63, 3.8) is 0 Å². The summed E-state index contributed by atoms with van der Waals surface area (Å²) in [5, 5.41) is 10.5. The maximum absolute atomic E-state index is 13.0. The molecule has 2 aromatic rings. The van der Waals surface area contributed by atoms with Gasteiger partial charge in [0.25, 0.3) is 5.56 Å². The predicted octanol–water partition coefficient (Wildman–Crippen LogP) is 1.76. The summed E-state index contributed by atoms with van der Waals surface area (Å²) in [4.78, 5) is 28.5. The highest BCUT2D eigenvalue weighted by Gasteiger charge is 2.20. The number of hydrogen-bond donors (Lipinski definition) is 1. The van der Waals surface area contributed by atoms with Gasteiger partial charge in [-0.05, 0) is 30.0 Å². The SMILES string of the molecule is CCSC(=Nc1ccc(F)cc1)c1c(O)n(C)c(=O)n(C)c1=O. The van der Waals surface area contributed by atoms with Gasteiger partial charge in [-0.15, -0.1) is 11.8 Å². The number of hydrogen-bond acceptors (Lipinski definition) is 5. The second-order valence-corrected chi connectivity index (χ2v) is 5.98. The van der Waals surface area contributed by atoms with Gasteiger partial charge in [-0.3, -0.25) is 13.9 Å². The summed E-state index contributed by atoms with van der Waals surface area (Å²) >= 11 is 1.25. The third-order valence-corrected chi connectivity index (χ3v) is 4.04. The van der Waals surface area contributed by atoms with Crippen molar-refractivity contribution in [2.24, 2.45) is 19.1 Å². The lowest BCUT2D eigenvalue weighted by Crippen LogP contribution is -2.39. The standard InChI is InChI=1S/C15H16FN3O3S/c1-4-23-12(17-10-7-5-9(16)6-8-10)11-13(20)18(2)15(22)19(3)14(11)21/h5-8,20H,4H2,1-3H3. The highest BCUT2D eigenvalue weighted by atomic mass is 32.2. The Hall–Kier alpha value is -2.35. The molecule has 1 aromatic carbocycles. The van der Waals surface area contributed by atoms with E-state index in [4.69, 9.17) is 0 Å². The topological polar surface area (TPSA) is 76.6 Å². The van der Waals surface area contributed by atoms with Crippen LogP contribution >= 0.6 is 11.8 Å². The lowest BCUT2D eigenvalue weighted by Gasteiger charge is -2.11. The molecule has 0 amide bonds. The second kappa shape index (κ2) is 6.82. The van der Waals surface area contributed by atoms with E-state index < -0.39 is 22.9 Å². The van der Waals surface area contributed by atoms with E-state index in [2.05, 4.69) is 4.99 Å². The van der Waals surface area contributed by atoms with Crippen LogP contribution in [0.5, 0.6) is 5.88 Å². The molecule has 0 radical (unpaired) electrons. The number of aromatic nitrogens is 2. The number of rotatable bonds is 3. The zero-order chi connectivity index (χ0) is 17.1. The zero-order valence-electron chi connectivity index (χ0n) is 12.9. The van der Waals surface area contributed by atoms with Crippen LogP contribution in [0.4, 0.5) is 10.1 Å². The third-order valence-electron chi connectivity index (χ3n) is 3.19. The monoisotopic (exact) mass is 337 g/mol. The van der Waals surface area contributed by atoms with Gasteiger partial charge in [0.2, 0.25) is 5.88 Å². The molecule has 0 atom stereocenters. The first-order chi connectivity index (χ1) is 10.9. The van der Waals surface area contributed by atoms with Gasteiger partial charge in [0, 0.05) is 14.1 Å². The molecule has 0 unspecified atom stereocenters. The molecule has 0 aliphatic carbocycles. The van der Waals surface area contributed by atoms with E-state index in [0.29, 0.717) is 11.4 Å². The van der Waals surface area contributed by atoms with Crippen LogP contribution in [0.2, 0.25) is 0 Å². The van der Waals surface area contributed by atoms with Crippen molar-refractivity contribution in [2.75, 3.05) is 5.75 Å². The zero-order valence-corrected chi connectivity index (χ0v) is 13.7. The molecule has 0 saturated carbocycles. The van der Waals surface area contributed by atoms with Crippen LogP contribution in [0.3, 0.4) is 0 Å². The number of aromatic hydroxyl groups is 1. The fraction of sp³-hybridized carbons (Fsp3) is 0.267. The average molecular weight is 337 g/mol. The third kappa shape index (κ3) is 3.37. The van der Waals surface area contributed by atoms with Crippen LogP contribution in [-0.2, 0) is 14.1 Å². The fourth-order valence-corrected chi connectivity index (χ4v) is 2.72. The molecular weight excluding hydrogens is 321 g/mol. The summed E-state index contributed by atoms with van der Waals surface area (Å²) in [5.74, 6) is -0.236. The second-order valence-electron chi connectivity index (χ2n) is 4.73. The summed E-state index contributed by atoms with van der Waals surface area (Å²) in [6.45, 7) is 1.87. The molecule has 0 aliphatic heterocycles. The van der Waals surface area contributed by atoms with Crippen molar-refractivity contribution < 1.29 is 9.50 Å². The van der Waals surface area contributed by atoms with Crippen molar-refractivity contribution >= 4 is 22.5 Å². The van der Waals surface area contributed by atoms with Crippen molar-refractivity contribution in [1.82, 2.24) is 9.13 Å². The first kappa shape index (κ1) is 17.0. The number of nitrogens with zero attached hydrogens (tertiary/aromatic N) is 3. The van der Waals surface area contributed by atoms with Crippen LogP contribution in [0.1, 0.15) is 12.5 Å². The van der Waals surface area contributed by atoms with E-state index in [1.165, 1.54) is 50.1 Å². The van der Waals surface area contributed by atoms with E-state index in [1.54, 1.807) is 0 Å². The van der Waals surface area contributed by atoms with Gasteiger partial charge in [0.1, 0.15) is 16.4 Å². The first-order valence-electron chi connectivity index (χ1n) is 6.83. The predicted molar refractivity (Wildman–Crippen MR) is 89.3 cm³/mol. The van der Waals surface area contributed by atoms with Crippen molar-refractivity contribution in [1.29, 1.82) is 0 Å². The average Bonchev–Trinajstić information content (AvgIpc) is 2.53. The van der Waals surface area contributed by atoms with Crippen molar-refractivity contribution in [3.8, 4) is 5.88 Å². The summed E-state index contributed by atoms with van der Waals surface area (Å²) < 4.78 is 14.9. The quantitative estimate of drug-likeness (QED) is 0.684. The number of benzene rings is 1. The molecule has 0 fully saturated rings. The van der Waals surface area contributed by atoms with Crippen LogP contribution in [0.15, 0.2) is 38.8 Å². The molecule has 0 bridgehead atoms. The number of halogens is 1. The Morgan fingerprint density at radius 3 is 2.39 bits per heavy atom.